The van der Waals surface area contributed by atoms with Gasteiger partial charge in [0.1, 0.15) is 29.4 Å². The van der Waals surface area contributed by atoms with Gasteiger partial charge in [0.2, 0.25) is 0 Å². The summed E-state index contributed by atoms with van der Waals surface area (Å²) in [4.78, 5) is 26.5. The van der Waals surface area contributed by atoms with E-state index in [-0.39, 0.29) is 28.9 Å². The number of halogens is 4. The maximum absolute atomic E-state index is 14.1. The Balaban J connectivity index is 1.24. The molecule has 1 saturated carbocycles. The average molecular weight is 627 g/mol. The number of hydrogen-bond donors (Lipinski definition) is 2. The van der Waals surface area contributed by atoms with E-state index < -0.39 is 23.5 Å². The van der Waals surface area contributed by atoms with Gasteiger partial charge in [0, 0.05) is 43.3 Å². The number of nitrogen functional groups attached to an aromatic ring is 1. The third-order valence-electron chi connectivity index (χ3n) is 8.84. The van der Waals surface area contributed by atoms with Gasteiger partial charge in [0.25, 0.3) is 5.91 Å². The van der Waals surface area contributed by atoms with Crippen molar-refractivity contribution in [3.63, 3.8) is 0 Å². The van der Waals surface area contributed by atoms with Crippen LogP contribution >= 0.6 is 0 Å². The summed E-state index contributed by atoms with van der Waals surface area (Å²) >= 11 is 0. The van der Waals surface area contributed by atoms with E-state index in [2.05, 4.69) is 32.1 Å². The molecule has 0 radical (unpaired) electrons. The lowest BCUT2D eigenvalue weighted by Gasteiger charge is -2.41. The maximum Gasteiger partial charge on any atom is 0.419 e. The third kappa shape index (κ3) is 6.16. The lowest BCUT2D eigenvalue weighted by atomic mass is 9.90. The van der Waals surface area contributed by atoms with Crippen LogP contribution in [0.1, 0.15) is 47.6 Å². The summed E-state index contributed by atoms with van der Waals surface area (Å²) in [5, 5.41) is 8.18. The molecule has 10 nitrogen and oxygen atoms in total. The first-order chi connectivity index (χ1) is 21.5. The SMILES string of the molecule is COc1cc(-c2nn([C@H]3CC[C@@H](N4CCN(C)CC4)CC3)c3ncnc(N)c23)ccc1NC(=O)c1ccc(C(F)(F)F)c(F)c1. The van der Waals surface area contributed by atoms with Crippen molar-refractivity contribution in [2.24, 2.45) is 0 Å². The number of anilines is 2. The van der Waals surface area contributed by atoms with E-state index in [0.29, 0.717) is 40.5 Å². The quantitative estimate of drug-likeness (QED) is 0.280. The fourth-order valence-electron chi connectivity index (χ4n) is 6.33. The van der Waals surface area contributed by atoms with Crippen LogP contribution in [0.3, 0.4) is 0 Å². The van der Waals surface area contributed by atoms with E-state index in [1.165, 1.54) is 13.4 Å². The minimum atomic E-state index is -4.87. The maximum atomic E-state index is 14.1. The number of nitrogens with two attached hydrogens (primary N) is 1. The molecule has 1 aliphatic carbocycles. The minimum Gasteiger partial charge on any atom is -0.495 e. The van der Waals surface area contributed by atoms with Gasteiger partial charge >= 0.3 is 6.18 Å². The van der Waals surface area contributed by atoms with Gasteiger partial charge in [0.15, 0.2) is 5.65 Å². The normalized spacial score (nSPS) is 20.0. The molecule has 2 aliphatic rings. The summed E-state index contributed by atoms with van der Waals surface area (Å²) in [6.45, 7) is 4.35. The van der Waals surface area contributed by atoms with Crippen molar-refractivity contribution in [2.75, 3.05) is 51.4 Å². The zero-order chi connectivity index (χ0) is 31.9. The van der Waals surface area contributed by atoms with Gasteiger partial charge in [-0.3, -0.25) is 9.69 Å². The van der Waals surface area contributed by atoms with Gasteiger partial charge in [-0.1, -0.05) is 6.07 Å². The molecular formula is C31H34F4N8O2. The second-order valence-corrected chi connectivity index (χ2v) is 11.6. The number of benzene rings is 2. The largest absolute Gasteiger partial charge is 0.495 e. The Kier molecular flexibility index (Phi) is 8.35. The average Bonchev–Trinajstić information content (AvgIpc) is 3.42. The van der Waals surface area contributed by atoms with Gasteiger partial charge in [-0.2, -0.15) is 18.3 Å². The fourth-order valence-corrected chi connectivity index (χ4v) is 6.33. The number of nitrogens with zero attached hydrogens (tertiary/aromatic N) is 6. The van der Waals surface area contributed by atoms with Crippen molar-refractivity contribution in [1.29, 1.82) is 0 Å². The highest BCUT2D eigenvalue weighted by Gasteiger charge is 2.34. The number of carbonyl (C=O) groups excluding carboxylic acids is 1. The zero-order valence-corrected chi connectivity index (χ0v) is 24.9. The summed E-state index contributed by atoms with van der Waals surface area (Å²) in [5.74, 6) is -1.78. The molecule has 2 fully saturated rings. The van der Waals surface area contributed by atoms with Crippen molar-refractivity contribution in [3.05, 3.63) is 59.7 Å². The molecule has 14 heteroatoms. The Hall–Kier alpha value is -4.30. The van der Waals surface area contributed by atoms with E-state index in [1.54, 1.807) is 18.2 Å². The molecule has 1 amide bonds. The van der Waals surface area contributed by atoms with Crippen LogP contribution in [-0.2, 0) is 6.18 Å². The Morgan fingerprint density at radius 3 is 2.38 bits per heavy atom. The molecule has 3 heterocycles. The van der Waals surface area contributed by atoms with E-state index in [1.807, 2.05) is 4.68 Å². The monoisotopic (exact) mass is 626 g/mol. The second-order valence-electron chi connectivity index (χ2n) is 11.6. The number of carbonyl (C=O) groups is 1. The van der Waals surface area contributed by atoms with Gasteiger partial charge in [-0.15, -0.1) is 0 Å². The number of likely N-dealkylation sites (N-methyl/N-ethyl adjacent to an activating group) is 1. The van der Waals surface area contributed by atoms with E-state index in [0.717, 1.165) is 57.9 Å². The van der Waals surface area contributed by atoms with Gasteiger partial charge in [0.05, 0.1) is 29.8 Å². The molecule has 0 unspecified atom stereocenters. The first-order valence-corrected chi connectivity index (χ1v) is 14.8. The molecule has 0 bridgehead atoms. The van der Waals surface area contributed by atoms with Crippen LogP contribution in [0.4, 0.5) is 29.1 Å². The molecule has 45 heavy (non-hydrogen) atoms. The summed E-state index contributed by atoms with van der Waals surface area (Å²) in [7, 11) is 3.58. The molecule has 4 aromatic rings. The lowest BCUT2D eigenvalue weighted by molar-refractivity contribution is -0.140. The molecule has 238 valence electrons. The summed E-state index contributed by atoms with van der Waals surface area (Å²) in [6, 6.07) is 7.68. The van der Waals surface area contributed by atoms with Crippen molar-refractivity contribution in [3.8, 4) is 17.0 Å². The first kappa shape index (κ1) is 30.7. The molecule has 0 spiro atoms. The number of amides is 1. The predicted molar refractivity (Wildman–Crippen MR) is 161 cm³/mol. The number of nitrogens with one attached hydrogen (secondary N) is 1. The number of fused-ring (bicyclic) bond motifs is 1. The molecule has 0 atom stereocenters. The van der Waals surface area contributed by atoms with Gasteiger partial charge in [-0.25, -0.2) is 19.0 Å². The van der Waals surface area contributed by atoms with Crippen LogP contribution in [0.25, 0.3) is 22.3 Å². The van der Waals surface area contributed by atoms with E-state index in [4.69, 9.17) is 15.6 Å². The molecule has 6 rings (SSSR count). The Bertz CT molecular complexity index is 1710. The van der Waals surface area contributed by atoms with E-state index >= 15 is 0 Å². The molecular weight excluding hydrogens is 592 g/mol. The first-order valence-electron chi connectivity index (χ1n) is 14.8. The Morgan fingerprint density at radius 1 is 1.00 bits per heavy atom. The highest BCUT2D eigenvalue weighted by atomic mass is 19.4. The fraction of sp³-hybridized carbons (Fsp3) is 0.419. The number of rotatable bonds is 6. The van der Waals surface area contributed by atoms with Crippen LogP contribution in [0.2, 0.25) is 0 Å². The summed E-state index contributed by atoms with van der Waals surface area (Å²) in [6.07, 6.45) is 0.603. The van der Waals surface area contributed by atoms with Crippen LogP contribution in [0.15, 0.2) is 42.7 Å². The molecule has 3 N–H and O–H groups in total. The predicted octanol–water partition coefficient (Wildman–Crippen LogP) is 5.23. The summed E-state index contributed by atoms with van der Waals surface area (Å²) in [5.41, 5.74) is 6.70. The number of aromatic nitrogens is 4. The van der Waals surface area contributed by atoms with Crippen LogP contribution in [-0.4, -0.2) is 81.8 Å². The second kappa shape index (κ2) is 12.2. The minimum absolute atomic E-state index is 0.142. The number of methoxy groups -OCH3 is 1. The van der Waals surface area contributed by atoms with Gasteiger partial charge < -0.3 is 20.7 Å². The third-order valence-corrected chi connectivity index (χ3v) is 8.84. The van der Waals surface area contributed by atoms with Crippen LogP contribution in [0.5, 0.6) is 5.75 Å². The smallest absolute Gasteiger partial charge is 0.419 e. The van der Waals surface area contributed by atoms with Crippen molar-refractivity contribution in [2.45, 2.75) is 43.9 Å². The topological polar surface area (TPSA) is 114 Å². The van der Waals surface area contributed by atoms with Crippen LogP contribution in [0, 0.1) is 5.82 Å². The molecule has 1 saturated heterocycles. The number of hydrogen-bond acceptors (Lipinski definition) is 8. The highest BCUT2D eigenvalue weighted by molar-refractivity contribution is 6.05. The Labute approximate surface area is 257 Å². The Morgan fingerprint density at radius 2 is 1.71 bits per heavy atom. The number of alkyl halides is 3. The van der Waals surface area contributed by atoms with Crippen molar-refractivity contribution in [1.82, 2.24) is 29.5 Å². The lowest BCUT2D eigenvalue weighted by Crippen LogP contribution is -2.49. The van der Waals surface area contributed by atoms with Gasteiger partial charge in [-0.05, 0) is 63.1 Å². The van der Waals surface area contributed by atoms with Crippen LogP contribution < -0.4 is 15.8 Å². The van der Waals surface area contributed by atoms with Crippen molar-refractivity contribution < 1.29 is 27.1 Å². The van der Waals surface area contributed by atoms with Crippen molar-refractivity contribution >= 4 is 28.4 Å². The van der Waals surface area contributed by atoms with E-state index in [9.17, 15) is 22.4 Å². The standard InChI is InChI=1S/C31H34F4N8O2/c1-41-11-13-42(14-12-41)20-5-7-21(8-6-20)43-29-26(28(36)37-17-38-29)27(40-43)18-4-10-24(25(16-18)45-2)39-30(44)19-3-9-22(23(32)15-19)31(33,34)35/h3-4,9-10,15-17,20-21H,5-8,11-14H2,1-2H3,(H,39,44)(H2,36,37,38)/t20-,21+. The number of ether oxygens (including phenoxy) is 1. The number of piperazine rings is 1. The summed E-state index contributed by atoms with van der Waals surface area (Å²) < 4.78 is 60.4. The molecule has 2 aromatic carbocycles. The molecule has 2 aromatic heterocycles. The molecule has 1 aliphatic heterocycles. The highest BCUT2D eigenvalue weighted by Crippen LogP contribution is 2.39. The zero-order valence-electron chi connectivity index (χ0n) is 24.9.